The fourth-order valence-electron chi connectivity index (χ4n) is 0.664. The average Bonchev–Trinajstić information content (AvgIpc) is 2.22. The van der Waals surface area contributed by atoms with Crippen LogP contribution in [-0.2, 0) is 4.94 Å². The third-order valence-electron chi connectivity index (χ3n) is 1.03. The lowest BCUT2D eigenvalue weighted by Gasteiger charge is -1.87. The maximum Gasteiger partial charge on any atom is 0.177 e. The third kappa shape index (κ3) is 0.603. The zero-order chi connectivity index (χ0) is 6.27. The highest BCUT2D eigenvalue weighted by atomic mass is 32.1. The molecule has 0 amide bonds. The number of imidazole rings is 1. The van der Waals surface area contributed by atoms with Gasteiger partial charge in [-0.1, -0.05) is 0 Å². The Kier molecular flexibility index (Phi) is 0.798. The van der Waals surface area contributed by atoms with Crippen LogP contribution >= 0.6 is 12.2 Å². The molecule has 0 atom stereocenters. The topological polar surface area (TPSA) is 64.9 Å². The van der Waals surface area contributed by atoms with E-state index in [1.54, 1.807) is 0 Å². The molecule has 4 N–H and O–H groups in total. The maximum absolute atomic E-state index is 4.77. The van der Waals surface area contributed by atoms with Crippen LogP contribution in [0.3, 0.4) is 0 Å². The smallest absolute Gasteiger partial charge is 0.177 e. The van der Waals surface area contributed by atoms with E-state index in [0.717, 1.165) is 11.6 Å². The molecule has 1 aromatic heterocycles. The Bertz CT molecular complexity index is 251. The van der Waals surface area contributed by atoms with Crippen molar-refractivity contribution in [3.05, 3.63) is 4.77 Å². The summed E-state index contributed by atoms with van der Waals surface area (Å²) in [7, 11) is 0. The van der Waals surface area contributed by atoms with Gasteiger partial charge in [-0.2, -0.15) is 4.94 Å². The number of H-pyrrole nitrogens is 2. The minimum atomic E-state index is 0.573. The van der Waals surface area contributed by atoms with Crippen LogP contribution in [0.15, 0.2) is 0 Å². The number of aromatic nitrogens is 2. The molecule has 1 aliphatic heterocycles. The van der Waals surface area contributed by atoms with Crippen molar-refractivity contribution >= 4 is 23.9 Å². The van der Waals surface area contributed by atoms with E-state index < -0.39 is 0 Å². The second kappa shape index (κ2) is 1.49. The normalized spacial score (nSPS) is 14.2. The minimum Gasteiger partial charge on any atom is -0.314 e. The van der Waals surface area contributed by atoms with Crippen LogP contribution in [0, 0.1) is 4.77 Å². The Morgan fingerprint density at radius 3 is 2.22 bits per heavy atom. The van der Waals surface area contributed by atoms with Crippen molar-refractivity contribution in [1.82, 2.24) is 9.97 Å². The second-order valence-corrected chi connectivity index (χ2v) is 2.04. The Morgan fingerprint density at radius 2 is 1.67 bits per heavy atom. The number of hydrogen-bond acceptors (Lipinski definition) is 4. The predicted octanol–water partition coefficient (Wildman–Crippen LogP) is 0.756. The minimum absolute atomic E-state index is 0.573. The SMILES string of the molecule is S=c1[nH]c2c([nH]1)NON2. The molecule has 5 nitrogen and oxygen atoms in total. The van der Waals surface area contributed by atoms with Gasteiger partial charge in [0.2, 0.25) is 0 Å². The molecular formula is C3H4N4OS. The van der Waals surface area contributed by atoms with Crippen molar-refractivity contribution in [2.75, 3.05) is 11.0 Å². The molecule has 0 fully saturated rings. The van der Waals surface area contributed by atoms with Crippen LogP contribution < -0.4 is 11.0 Å². The summed E-state index contributed by atoms with van der Waals surface area (Å²) in [5.74, 6) is 1.47. The molecule has 0 radical (unpaired) electrons. The standard InChI is InChI=1S/C3H4N4OS/c9-3-4-1-2(5-3)7-8-6-1/h6-7H,(H2,4,5,9). The van der Waals surface area contributed by atoms with Crippen molar-refractivity contribution in [1.29, 1.82) is 0 Å². The summed E-state index contributed by atoms with van der Waals surface area (Å²) in [6.07, 6.45) is 0. The number of aromatic amines is 2. The summed E-state index contributed by atoms with van der Waals surface area (Å²) in [5, 5.41) is 0. The molecular weight excluding hydrogens is 140 g/mol. The highest BCUT2D eigenvalue weighted by Gasteiger charge is 2.10. The first-order chi connectivity index (χ1) is 4.36. The molecule has 9 heavy (non-hydrogen) atoms. The van der Waals surface area contributed by atoms with E-state index in [9.17, 15) is 0 Å². The third-order valence-corrected chi connectivity index (χ3v) is 1.24. The fourth-order valence-corrected chi connectivity index (χ4v) is 0.868. The van der Waals surface area contributed by atoms with Gasteiger partial charge in [0, 0.05) is 0 Å². The monoisotopic (exact) mass is 144 g/mol. The lowest BCUT2D eigenvalue weighted by Crippen LogP contribution is -1.97. The molecule has 1 aliphatic rings. The van der Waals surface area contributed by atoms with Gasteiger partial charge in [-0.15, -0.1) is 0 Å². The van der Waals surface area contributed by atoms with Crippen molar-refractivity contribution in [2.45, 2.75) is 0 Å². The van der Waals surface area contributed by atoms with Crippen molar-refractivity contribution in [2.24, 2.45) is 0 Å². The summed E-state index contributed by atoms with van der Waals surface area (Å²) in [6.45, 7) is 0. The van der Waals surface area contributed by atoms with Gasteiger partial charge in [0.15, 0.2) is 16.4 Å². The molecule has 0 spiro atoms. The van der Waals surface area contributed by atoms with Gasteiger partial charge in [-0.25, -0.2) is 11.0 Å². The van der Waals surface area contributed by atoms with Crippen molar-refractivity contribution in [3.8, 4) is 0 Å². The molecule has 0 bridgehead atoms. The van der Waals surface area contributed by atoms with E-state index in [4.69, 9.17) is 12.2 Å². The Balaban J connectivity index is 2.64. The summed E-state index contributed by atoms with van der Waals surface area (Å²) in [4.78, 5) is 10.2. The predicted molar refractivity (Wildman–Crippen MR) is 34.3 cm³/mol. The van der Waals surface area contributed by atoms with Crippen LogP contribution in [0.1, 0.15) is 0 Å². The first kappa shape index (κ1) is 4.83. The summed E-state index contributed by atoms with van der Waals surface area (Å²) in [6, 6.07) is 0. The number of hydrogen-bond donors (Lipinski definition) is 4. The summed E-state index contributed by atoms with van der Waals surface area (Å²) in [5.41, 5.74) is 5.11. The van der Waals surface area contributed by atoms with Gasteiger partial charge in [-0.3, -0.25) is 0 Å². The number of nitrogens with one attached hydrogen (secondary N) is 4. The molecule has 0 aliphatic carbocycles. The van der Waals surface area contributed by atoms with Crippen LogP contribution in [0.2, 0.25) is 0 Å². The van der Waals surface area contributed by atoms with Crippen LogP contribution in [0.4, 0.5) is 11.6 Å². The molecule has 1 aromatic rings. The van der Waals surface area contributed by atoms with Gasteiger partial charge in [0.1, 0.15) is 0 Å². The first-order valence-corrected chi connectivity index (χ1v) is 2.77. The molecule has 0 unspecified atom stereocenters. The van der Waals surface area contributed by atoms with Crippen molar-refractivity contribution in [3.63, 3.8) is 0 Å². The number of anilines is 2. The highest BCUT2D eigenvalue weighted by Crippen LogP contribution is 2.20. The lowest BCUT2D eigenvalue weighted by molar-refractivity contribution is 0.279. The lowest BCUT2D eigenvalue weighted by atomic mass is 10.7. The van der Waals surface area contributed by atoms with Crippen LogP contribution in [0.25, 0.3) is 0 Å². The molecule has 2 heterocycles. The largest absolute Gasteiger partial charge is 0.314 e. The number of rotatable bonds is 0. The summed E-state index contributed by atoms with van der Waals surface area (Å²) < 4.78 is 0.573. The molecule has 0 saturated heterocycles. The van der Waals surface area contributed by atoms with Gasteiger partial charge in [-0.05, 0) is 12.2 Å². The van der Waals surface area contributed by atoms with E-state index in [1.807, 2.05) is 0 Å². The summed E-state index contributed by atoms with van der Waals surface area (Å²) >= 11 is 4.77. The Hall–Kier alpha value is -1.01. The van der Waals surface area contributed by atoms with E-state index in [0.29, 0.717) is 4.77 Å². The first-order valence-electron chi connectivity index (χ1n) is 2.36. The second-order valence-electron chi connectivity index (χ2n) is 1.64. The van der Waals surface area contributed by atoms with E-state index >= 15 is 0 Å². The Morgan fingerprint density at radius 1 is 1.11 bits per heavy atom. The van der Waals surface area contributed by atoms with Crippen molar-refractivity contribution < 1.29 is 4.94 Å². The maximum atomic E-state index is 4.77. The highest BCUT2D eigenvalue weighted by molar-refractivity contribution is 7.71. The quantitative estimate of drug-likeness (QED) is 0.406. The van der Waals surface area contributed by atoms with Gasteiger partial charge in [0.05, 0.1) is 0 Å². The molecule has 2 rings (SSSR count). The zero-order valence-corrected chi connectivity index (χ0v) is 5.13. The number of fused-ring (bicyclic) bond motifs is 1. The molecule has 48 valence electrons. The van der Waals surface area contributed by atoms with Gasteiger partial charge in [0.25, 0.3) is 0 Å². The van der Waals surface area contributed by atoms with Gasteiger partial charge >= 0.3 is 0 Å². The fraction of sp³-hybridized carbons (Fsp3) is 0. The average molecular weight is 144 g/mol. The van der Waals surface area contributed by atoms with Crippen LogP contribution in [-0.4, -0.2) is 9.97 Å². The van der Waals surface area contributed by atoms with Gasteiger partial charge < -0.3 is 9.97 Å². The zero-order valence-electron chi connectivity index (χ0n) is 4.32. The van der Waals surface area contributed by atoms with Crippen LogP contribution in [0.5, 0.6) is 0 Å². The van der Waals surface area contributed by atoms with E-state index in [-0.39, 0.29) is 0 Å². The Labute approximate surface area is 55.3 Å². The van der Waals surface area contributed by atoms with E-state index in [1.165, 1.54) is 0 Å². The molecule has 6 heteroatoms. The van der Waals surface area contributed by atoms with E-state index in [2.05, 4.69) is 25.9 Å². The molecule has 0 aromatic carbocycles. The molecule has 0 saturated carbocycles.